The van der Waals surface area contributed by atoms with E-state index >= 15 is 0 Å². The number of rotatable bonds is 8. The summed E-state index contributed by atoms with van der Waals surface area (Å²) in [5, 5.41) is 0. The molecule has 0 heterocycles. The van der Waals surface area contributed by atoms with Crippen molar-refractivity contribution in [3.63, 3.8) is 0 Å². The molecular formula is C25H21F5N2O3. The summed E-state index contributed by atoms with van der Waals surface area (Å²) in [6.45, 7) is -0.0296. The first kappa shape index (κ1) is 25.7. The molecule has 2 amide bonds. The van der Waals surface area contributed by atoms with Crippen molar-refractivity contribution in [2.45, 2.75) is 25.2 Å². The molecule has 0 spiro atoms. The number of carbonyl (C=O) groups is 2. The fourth-order valence-electron chi connectivity index (χ4n) is 3.60. The van der Waals surface area contributed by atoms with Gasteiger partial charge in [0.05, 0.1) is 6.04 Å². The Kier molecular flexibility index (Phi) is 7.73. The van der Waals surface area contributed by atoms with Gasteiger partial charge in [0.15, 0.2) is 6.61 Å². The van der Waals surface area contributed by atoms with E-state index in [1.165, 1.54) is 31.2 Å². The highest BCUT2D eigenvalue weighted by atomic mass is 19.4. The van der Waals surface area contributed by atoms with Crippen molar-refractivity contribution in [2.24, 2.45) is 5.73 Å². The molecule has 2 N–H and O–H groups in total. The number of halogens is 5. The van der Waals surface area contributed by atoms with Gasteiger partial charge in [-0.3, -0.25) is 9.59 Å². The summed E-state index contributed by atoms with van der Waals surface area (Å²) in [6.07, 6.45) is -4.54. The van der Waals surface area contributed by atoms with Crippen molar-refractivity contribution in [3.8, 4) is 5.75 Å². The molecule has 0 radical (unpaired) electrons. The molecule has 0 aromatic heterocycles. The van der Waals surface area contributed by atoms with Gasteiger partial charge in [0.25, 0.3) is 5.91 Å². The van der Waals surface area contributed by atoms with Gasteiger partial charge in [-0.1, -0.05) is 30.3 Å². The van der Waals surface area contributed by atoms with E-state index in [9.17, 15) is 31.5 Å². The third-order valence-electron chi connectivity index (χ3n) is 5.19. The van der Waals surface area contributed by atoms with Crippen LogP contribution in [0.3, 0.4) is 0 Å². The van der Waals surface area contributed by atoms with Gasteiger partial charge in [-0.05, 0) is 54.4 Å². The zero-order valence-electron chi connectivity index (χ0n) is 18.4. The van der Waals surface area contributed by atoms with Crippen LogP contribution in [0.25, 0.3) is 0 Å². The lowest BCUT2D eigenvalue weighted by Gasteiger charge is -2.35. The molecule has 5 nitrogen and oxygen atoms in total. The maximum atomic E-state index is 13.9. The van der Waals surface area contributed by atoms with Crippen LogP contribution in [0.1, 0.15) is 40.5 Å². The Balaban J connectivity index is 2.03. The molecule has 3 rings (SSSR count). The largest absolute Gasteiger partial charge is 0.484 e. The second-order valence-corrected chi connectivity index (χ2v) is 7.73. The number of nitrogens with zero attached hydrogens (tertiary/aromatic N) is 1. The standard InChI is InChI=1S/C25H21F5N2O3/c1-15(18-11-19(26)13-20(27)12-18)32(22(23(31)33)16-5-3-2-4-6-16)24(34)17-7-9-21(10-8-17)35-14-25(28,29)30/h2-13,15,22H,14H2,1H3,(H2,31,33)/t15-,22-/m1/s1. The lowest BCUT2D eigenvalue weighted by Crippen LogP contribution is -2.43. The highest BCUT2D eigenvalue weighted by molar-refractivity contribution is 5.98. The number of alkyl halides is 3. The Labute approximate surface area is 197 Å². The molecule has 2 atom stereocenters. The highest BCUT2D eigenvalue weighted by Crippen LogP contribution is 2.33. The molecular weight excluding hydrogens is 471 g/mol. The third kappa shape index (κ3) is 6.56. The molecule has 3 aromatic carbocycles. The Morgan fingerprint density at radius 3 is 2.00 bits per heavy atom. The van der Waals surface area contributed by atoms with E-state index in [1.807, 2.05) is 0 Å². The maximum Gasteiger partial charge on any atom is 0.422 e. The average molecular weight is 492 g/mol. The number of amides is 2. The predicted molar refractivity (Wildman–Crippen MR) is 117 cm³/mol. The van der Waals surface area contributed by atoms with Gasteiger partial charge in [-0.15, -0.1) is 0 Å². The van der Waals surface area contributed by atoms with E-state index in [1.54, 1.807) is 30.3 Å². The maximum absolute atomic E-state index is 13.9. The van der Waals surface area contributed by atoms with Crippen molar-refractivity contribution in [3.05, 3.63) is 101 Å². The fourth-order valence-corrected chi connectivity index (χ4v) is 3.60. The van der Waals surface area contributed by atoms with Crippen molar-refractivity contribution in [1.82, 2.24) is 4.90 Å². The molecule has 0 aliphatic heterocycles. The number of primary amides is 1. The average Bonchev–Trinajstić information content (AvgIpc) is 2.80. The second kappa shape index (κ2) is 10.5. The smallest absolute Gasteiger partial charge is 0.422 e. The molecule has 35 heavy (non-hydrogen) atoms. The van der Waals surface area contributed by atoms with Crippen LogP contribution >= 0.6 is 0 Å². The van der Waals surface area contributed by atoms with Gasteiger partial charge in [0, 0.05) is 11.6 Å². The Bertz CT molecular complexity index is 1160. The van der Waals surface area contributed by atoms with Crippen molar-refractivity contribution in [1.29, 1.82) is 0 Å². The number of hydrogen-bond acceptors (Lipinski definition) is 3. The summed E-state index contributed by atoms with van der Waals surface area (Å²) in [5.41, 5.74) is 6.09. The molecule has 0 saturated heterocycles. The van der Waals surface area contributed by atoms with Crippen LogP contribution in [0.4, 0.5) is 22.0 Å². The molecule has 0 unspecified atom stereocenters. The van der Waals surface area contributed by atoms with Crippen LogP contribution in [0.15, 0.2) is 72.8 Å². The van der Waals surface area contributed by atoms with Crippen molar-refractivity contribution >= 4 is 11.8 Å². The summed E-state index contributed by atoms with van der Waals surface area (Å²) < 4.78 is 69.7. The van der Waals surface area contributed by atoms with E-state index < -0.39 is 48.3 Å². The summed E-state index contributed by atoms with van der Waals surface area (Å²) in [7, 11) is 0. The molecule has 0 saturated carbocycles. The van der Waals surface area contributed by atoms with E-state index in [0.717, 1.165) is 17.0 Å². The SMILES string of the molecule is C[C@H](c1cc(F)cc(F)c1)N(C(=O)c1ccc(OCC(F)(F)F)cc1)[C@@H](C(N)=O)c1ccccc1. The number of carbonyl (C=O) groups excluding carboxylic acids is 2. The summed E-state index contributed by atoms with van der Waals surface area (Å²) >= 11 is 0. The first-order valence-electron chi connectivity index (χ1n) is 10.4. The lowest BCUT2D eigenvalue weighted by molar-refractivity contribution is -0.153. The molecule has 0 fully saturated rings. The molecule has 0 aliphatic carbocycles. The predicted octanol–water partition coefficient (Wildman–Crippen LogP) is 5.34. The number of hydrogen-bond donors (Lipinski definition) is 1. The summed E-state index contributed by atoms with van der Waals surface area (Å²) in [5.74, 6) is -3.50. The third-order valence-corrected chi connectivity index (χ3v) is 5.19. The van der Waals surface area contributed by atoms with E-state index in [0.29, 0.717) is 11.6 Å². The van der Waals surface area contributed by atoms with E-state index in [-0.39, 0.29) is 16.9 Å². The molecule has 0 bridgehead atoms. The minimum Gasteiger partial charge on any atom is -0.484 e. The molecule has 0 aliphatic rings. The normalized spacial score (nSPS) is 13.1. The topological polar surface area (TPSA) is 72.6 Å². The van der Waals surface area contributed by atoms with Gasteiger partial charge >= 0.3 is 6.18 Å². The van der Waals surface area contributed by atoms with Crippen LogP contribution in [-0.4, -0.2) is 29.5 Å². The Hall–Kier alpha value is -3.95. The van der Waals surface area contributed by atoms with Crippen molar-refractivity contribution < 1.29 is 36.3 Å². The monoisotopic (exact) mass is 492 g/mol. The minimum atomic E-state index is -4.54. The Morgan fingerprint density at radius 1 is 0.914 bits per heavy atom. The van der Waals surface area contributed by atoms with Gasteiger partial charge in [0.1, 0.15) is 23.4 Å². The lowest BCUT2D eigenvalue weighted by atomic mass is 9.97. The Morgan fingerprint density at radius 2 is 1.49 bits per heavy atom. The molecule has 3 aromatic rings. The molecule has 10 heteroatoms. The molecule has 184 valence electrons. The van der Waals surface area contributed by atoms with Gasteiger partial charge in [0.2, 0.25) is 5.91 Å². The van der Waals surface area contributed by atoms with Crippen LogP contribution in [-0.2, 0) is 4.79 Å². The second-order valence-electron chi connectivity index (χ2n) is 7.73. The van der Waals surface area contributed by atoms with E-state index in [4.69, 9.17) is 5.73 Å². The first-order valence-corrected chi connectivity index (χ1v) is 10.4. The highest BCUT2D eigenvalue weighted by Gasteiger charge is 2.35. The van der Waals surface area contributed by atoms with Crippen molar-refractivity contribution in [2.75, 3.05) is 6.61 Å². The summed E-state index contributed by atoms with van der Waals surface area (Å²) in [4.78, 5) is 27.2. The van der Waals surface area contributed by atoms with Crippen LogP contribution < -0.4 is 10.5 Å². The summed E-state index contributed by atoms with van der Waals surface area (Å²) in [6, 6.07) is 13.3. The van der Waals surface area contributed by atoms with Gasteiger partial charge in [-0.2, -0.15) is 13.2 Å². The fraction of sp³-hybridized carbons (Fsp3) is 0.200. The quantitative estimate of drug-likeness (QED) is 0.432. The zero-order valence-corrected chi connectivity index (χ0v) is 18.4. The zero-order chi connectivity index (χ0) is 25.8. The number of ether oxygens (including phenoxy) is 1. The van der Waals surface area contributed by atoms with Gasteiger partial charge < -0.3 is 15.4 Å². The number of nitrogens with two attached hydrogens (primary N) is 1. The van der Waals surface area contributed by atoms with Crippen LogP contribution in [0.5, 0.6) is 5.75 Å². The van der Waals surface area contributed by atoms with E-state index in [2.05, 4.69) is 4.74 Å². The van der Waals surface area contributed by atoms with Gasteiger partial charge in [-0.25, -0.2) is 8.78 Å². The van der Waals surface area contributed by atoms with Crippen LogP contribution in [0, 0.1) is 11.6 Å². The van der Waals surface area contributed by atoms with Crippen LogP contribution in [0.2, 0.25) is 0 Å². The minimum absolute atomic E-state index is 0.00438. The first-order chi connectivity index (χ1) is 16.5. The number of benzene rings is 3.